The lowest BCUT2D eigenvalue weighted by Crippen LogP contribution is -2.38. The van der Waals surface area contributed by atoms with Crippen LogP contribution in [0.5, 0.6) is 0 Å². The van der Waals surface area contributed by atoms with Gasteiger partial charge in [-0.2, -0.15) is 0 Å². The molecule has 0 spiro atoms. The molecule has 2 atom stereocenters. The highest BCUT2D eigenvalue weighted by Crippen LogP contribution is 2.30. The maximum Gasteiger partial charge on any atom is 0.137 e. The summed E-state index contributed by atoms with van der Waals surface area (Å²) in [6.07, 6.45) is 5.41. The molecule has 0 bridgehead atoms. The Kier molecular flexibility index (Phi) is 6.75. The quantitative estimate of drug-likeness (QED) is 0.742. The largest absolute Gasteiger partial charge is 0.395 e. The van der Waals surface area contributed by atoms with Crippen molar-refractivity contribution >= 4 is 5.78 Å². The van der Waals surface area contributed by atoms with Gasteiger partial charge in [0.15, 0.2) is 0 Å². The summed E-state index contributed by atoms with van der Waals surface area (Å²) in [5, 5.41) is 8.97. The van der Waals surface area contributed by atoms with E-state index in [1.165, 1.54) is 12.8 Å². The second-order valence-electron chi connectivity index (χ2n) is 5.21. The third-order valence-corrected chi connectivity index (χ3v) is 3.91. The van der Waals surface area contributed by atoms with E-state index in [0.29, 0.717) is 12.3 Å². The van der Waals surface area contributed by atoms with Gasteiger partial charge in [-0.25, -0.2) is 0 Å². The van der Waals surface area contributed by atoms with Gasteiger partial charge in [-0.3, -0.25) is 4.79 Å². The van der Waals surface area contributed by atoms with Crippen LogP contribution < -0.4 is 0 Å². The van der Waals surface area contributed by atoms with Crippen LogP contribution >= 0.6 is 0 Å². The Bertz CT molecular complexity index is 230. The van der Waals surface area contributed by atoms with Crippen molar-refractivity contribution in [3.05, 3.63) is 0 Å². The number of rotatable bonds is 7. The first-order valence-corrected chi connectivity index (χ1v) is 7.07. The molecule has 0 aliphatic heterocycles. The number of nitrogens with zero attached hydrogens (tertiary/aromatic N) is 1. The summed E-state index contributed by atoms with van der Waals surface area (Å²) in [7, 11) is 0. The highest BCUT2D eigenvalue weighted by molar-refractivity contribution is 5.81. The summed E-state index contributed by atoms with van der Waals surface area (Å²) in [6.45, 7) is 6.95. The minimum Gasteiger partial charge on any atom is -0.395 e. The number of hydrogen-bond acceptors (Lipinski definition) is 3. The SMILES string of the molecule is CCCC1CCC(=O)C(CN(CC)CCO)C1. The van der Waals surface area contributed by atoms with Gasteiger partial charge in [0.25, 0.3) is 0 Å². The second-order valence-corrected chi connectivity index (χ2v) is 5.21. The van der Waals surface area contributed by atoms with E-state index in [9.17, 15) is 4.79 Å². The lowest BCUT2D eigenvalue weighted by molar-refractivity contribution is -0.126. The summed E-state index contributed by atoms with van der Waals surface area (Å²) >= 11 is 0. The zero-order chi connectivity index (χ0) is 12.7. The van der Waals surface area contributed by atoms with Crippen molar-refractivity contribution in [3.8, 4) is 0 Å². The molecule has 1 fully saturated rings. The van der Waals surface area contributed by atoms with Gasteiger partial charge in [0, 0.05) is 25.4 Å². The van der Waals surface area contributed by atoms with Crippen LogP contribution in [0.3, 0.4) is 0 Å². The smallest absolute Gasteiger partial charge is 0.137 e. The summed E-state index contributed by atoms with van der Waals surface area (Å²) < 4.78 is 0. The van der Waals surface area contributed by atoms with Crippen molar-refractivity contribution in [1.82, 2.24) is 4.90 Å². The molecule has 1 N–H and O–H groups in total. The molecule has 0 aromatic heterocycles. The fraction of sp³-hybridized carbons (Fsp3) is 0.929. The fourth-order valence-electron chi connectivity index (χ4n) is 2.88. The molecule has 0 aromatic rings. The molecule has 0 aromatic carbocycles. The van der Waals surface area contributed by atoms with Crippen LogP contribution in [0.1, 0.15) is 46.0 Å². The van der Waals surface area contributed by atoms with E-state index in [-0.39, 0.29) is 12.5 Å². The Labute approximate surface area is 105 Å². The van der Waals surface area contributed by atoms with E-state index in [2.05, 4.69) is 18.7 Å². The van der Waals surface area contributed by atoms with Gasteiger partial charge in [0.2, 0.25) is 0 Å². The number of likely N-dealkylation sites (N-methyl/N-ethyl adjacent to an activating group) is 1. The van der Waals surface area contributed by atoms with E-state index in [1.807, 2.05) is 0 Å². The van der Waals surface area contributed by atoms with E-state index >= 15 is 0 Å². The molecule has 0 saturated heterocycles. The van der Waals surface area contributed by atoms with Gasteiger partial charge in [-0.05, 0) is 25.3 Å². The van der Waals surface area contributed by atoms with Crippen molar-refractivity contribution in [2.45, 2.75) is 46.0 Å². The van der Waals surface area contributed by atoms with Gasteiger partial charge < -0.3 is 10.0 Å². The van der Waals surface area contributed by atoms with Gasteiger partial charge in [0.05, 0.1) is 6.61 Å². The first-order chi connectivity index (χ1) is 8.21. The molecule has 0 radical (unpaired) electrons. The third kappa shape index (κ3) is 4.76. The Balaban J connectivity index is 2.45. The Hall–Kier alpha value is -0.410. The molecule has 0 amide bonds. The normalized spacial score (nSPS) is 25.5. The standard InChI is InChI=1S/C14H27NO2/c1-3-5-12-6-7-14(17)13(10-12)11-15(4-2)8-9-16/h12-13,16H,3-11H2,1-2H3. The van der Waals surface area contributed by atoms with Crippen LogP contribution in [-0.4, -0.2) is 42.0 Å². The van der Waals surface area contributed by atoms with Gasteiger partial charge in [-0.15, -0.1) is 0 Å². The number of carbonyl (C=O) groups is 1. The Morgan fingerprint density at radius 2 is 2.18 bits per heavy atom. The van der Waals surface area contributed by atoms with E-state index in [1.54, 1.807) is 0 Å². The third-order valence-electron chi connectivity index (χ3n) is 3.91. The van der Waals surface area contributed by atoms with Crippen LogP contribution in [0.25, 0.3) is 0 Å². The van der Waals surface area contributed by atoms with Gasteiger partial charge in [-0.1, -0.05) is 26.7 Å². The molecule has 1 saturated carbocycles. The molecular formula is C14H27NO2. The van der Waals surface area contributed by atoms with Crippen LogP contribution in [0.4, 0.5) is 0 Å². The van der Waals surface area contributed by atoms with E-state index in [0.717, 1.165) is 38.3 Å². The Morgan fingerprint density at radius 3 is 2.76 bits per heavy atom. The van der Waals surface area contributed by atoms with Crippen LogP contribution in [0.2, 0.25) is 0 Å². The first-order valence-electron chi connectivity index (χ1n) is 7.07. The summed E-state index contributed by atoms with van der Waals surface area (Å²) in [4.78, 5) is 14.1. The highest BCUT2D eigenvalue weighted by Gasteiger charge is 2.29. The number of hydrogen-bond donors (Lipinski definition) is 1. The maximum absolute atomic E-state index is 11.9. The van der Waals surface area contributed by atoms with Crippen LogP contribution in [0.15, 0.2) is 0 Å². The number of Topliss-reactive ketones (excluding diaryl/α,β-unsaturated/α-hetero) is 1. The van der Waals surface area contributed by atoms with E-state index in [4.69, 9.17) is 5.11 Å². The molecule has 3 nitrogen and oxygen atoms in total. The molecule has 1 aliphatic carbocycles. The zero-order valence-electron chi connectivity index (χ0n) is 11.3. The second kappa shape index (κ2) is 7.83. The van der Waals surface area contributed by atoms with Gasteiger partial charge >= 0.3 is 0 Å². The van der Waals surface area contributed by atoms with Crippen LogP contribution in [-0.2, 0) is 4.79 Å². The molecule has 1 rings (SSSR count). The fourth-order valence-corrected chi connectivity index (χ4v) is 2.88. The lowest BCUT2D eigenvalue weighted by atomic mass is 9.78. The molecule has 17 heavy (non-hydrogen) atoms. The minimum absolute atomic E-state index is 0.188. The summed E-state index contributed by atoms with van der Waals surface area (Å²) in [5.74, 6) is 1.40. The predicted molar refractivity (Wildman–Crippen MR) is 69.9 cm³/mol. The van der Waals surface area contributed by atoms with Crippen molar-refractivity contribution in [2.75, 3.05) is 26.2 Å². The molecule has 2 unspecified atom stereocenters. The number of aliphatic hydroxyl groups is 1. The Morgan fingerprint density at radius 1 is 1.41 bits per heavy atom. The maximum atomic E-state index is 11.9. The van der Waals surface area contributed by atoms with Crippen molar-refractivity contribution in [3.63, 3.8) is 0 Å². The molecule has 0 heterocycles. The average molecular weight is 241 g/mol. The van der Waals surface area contributed by atoms with Gasteiger partial charge in [0.1, 0.15) is 5.78 Å². The molecule has 100 valence electrons. The van der Waals surface area contributed by atoms with Crippen molar-refractivity contribution in [1.29, 1.82) is 0 Å². The lowest BCUT2D eigenvalue weighted by Gasteiger charge is -2.31. The molecular weight excluding hydrogens is 214 g/mol. The minimum atomic E-state index is 0.188. The topological polar surface area (TPSA) is 40.5 Å². The number of carbonyl (C=O) groups excluding carboxylic acids is 1. The van der Waals surface area contributed by atoms with Crippen molar-refractivity contribution < 1.29 is 9.90 Å². The monoisotopic (exact) mass is 241 g/mol. The summed E-state index contributed by atoms with van der Waals surface area (Å²) in [5.41, 5.74) is 0. The highest BCUT2D eigenvalue weighted by atomic mass is 16.3. The average Bonchev–Trinajstić information content (AvgIpc) is 2.33. The number of ketones is 1. The number of aliphatic hydroxyl groups excluding tert-OH is 1. The van der Waals surface area contributed by atoms with Crippen molar-refractivity contribution in [2.24, 2.45) is 11.8 Å². The zero-order valence-corrected chi connectivity index (χ0v) is 11.3. The van der Waals surface area contributed by atoms with Crippen LogP contribution in [0, 0.1) is 11.8 Å². The predicted octanol–water partition coefficient (Wildman–Crippen LogP) is 2.09. The molecule has 3 heteroatoms. The summed E-state index contributed by atoms with van der Waals surface area (Å²) in [6, 6.07) is 0. The molecule has 1 aliphatic rings. The first kappa shape index (κ1) is 14.7. The van der Waals surface area contributed by atoms with E-state index < -0.39 is 0 Å².